The first-order valence-corrected chi connectivity index (χ1v) is 7.52. The minimum absolute atomic E-state index is 0.180. The van der Waals surface area contributed by atoms with Crippen molar-refractivity contribution in [3.63, 3.8) is 0 Å². The van der Waals surface area contributed by atoms with Gasteiger partial charge in [0.1, 0.15) is 10.9 Å². The van der Waals surface area contributed by atoms with Gasteiger partial charge in [0.25, 0.3) is 0 Å². The standard InChI is InChI=1S/C13H19BrN4O2/c1-18(9-2-4-10(20)5-3-9)13-12(15-6-7-19)16-8-11(14)17-13/h7-10,20H,2-6H2,1H3,(H,15,16)/t9-,10-. The Hall–Kier alpha value is -1.21. The van der Waals surface area contributed by atoms with E-state index in [-0.39, 0.29) is 12.6 Å². The SMILES string of the molecule is CN(c1nc(Br)cnc1NCC=O)[C@H]1CC[C@H](O)CC1. The van der Waals surface area contributed by atoms with Gasteiger partial charge >= 0.3 is 0 Å². The maximum atomic E-state index is 10.5. The molecule has 6 nitrogen and oxygen atoms in total. The number of nitrogens with one attached hydrogen (secondary N) is 1. The van der Waals surface area contributed by atoms with Crippen molar-refractivity contribution in [1.82, 2.24) is 9.97 Å². The first kappa shape index (κ1) is 15.2. The third kappa shape index (κ3) is 3.67. The topological polar surface area (TPSA) is 78.4 Å². The molecule has 1 aromatic rings. The molecular weight excluding hydrogens is 324 g/mol. The zero-order valence-electron chi connectivity index (χ0n) is 11.4. The van der Waals surface area contributed by atoms with E-state index in [2.05, 4.69) is 36.1 Å². The predicted molar refractivity (Wildman–Crippen MR) is 81.0 cm³/mol. The first-order valence-electron chi connectivity index (χ1n) is 6.72. The van der Waals surface area contributed by atoms with Gasteiger partial charge in [-0.15, -0.1) is 0 Å². The molecule has 1 heterocycles. The molecule has 110 valence electrons. The van der Waals surface area contributed by atoms with Crippen LogP contribution in [0.5, 0.6) is 0 Å². The molecule has 0 aliphatic heterocycles. The second kappa shape index (κ2) is 6.99. The number of hydrogen-bond donors (Lipinski definition) is 2. The number of aliphatic hydroxyl groups is 1. The lowest BCUT2D eigenvalue weighted by atomic mass is 9.92. The van der Waals surface area contributed by atoms with Crippen molar-refractivity contribution >= 4 is 33.9 Å². The third-order valence-electron chi connectivity index (χ3n) is 3.63. The Morgan fingerprint density at radius 3 is 2.85 bits per heavy atom. The predicted octanol–water partition coefficient (Wildman–Crippen LogP) is 1.59. The molecule has 20 heavy (non-hydrogen) atoms. The summed E-state index contributed by atoms with van der Waals surface area (Å²) in [7, 11) is 1.98. The van der Waals surface area contributed by atoms with E-state index in [0.29, 0.717) is 16.5 Å². The molecule has 0 radical (unpaired) electrons. The second-order valence-electron chi connectivity index (χ2n) is 4.99. The van der Waals surface area contributed by atoms with Crippen molar-refractivity contribution in [2.45, 2.75) is 37.8 Å². The molecule has 1 fully saturated rings. The van der Waals surface area contributed by atoms with Crippen molar-refractivity contribution in [2.75, 3.05) is 23.8 Å². The van der Waals surface area contributed by atoms with Crippen LogP contribution in [0.1, 0.15) is 25.7 Å². The summed E-state index contributed by atoms with van der Waals surface area (Å²) < 4.78 is 0.659. The van der Waals surface area contributed by atoms with Gasteiger partial charge in [-0.2, -0.15) is 0 Å². The van der Waals surface area contributed by atoms with E-state index in [1.54, 1.807) is 6.20 Å². The lowest BCUT2D eigenvalue weighted by molar-refractivity contribution is -0.106. The van der Waals surface area contributed by atoms with E-state index in [1.165, 1.54) is 0 Å². The zero-order valence-corrected chi connectivity index (χ0v) is 13.0. The minimum atomic E-state index is -0.180. The Kier molecular flexibility index (Phi) is 5.31. The summed E-state index contributed by atoms with van der Waals surface area (Å²) in [5, 5.41) is 12.6. The first-order chi connectivity index (χ1) is 9.61. The molecule has 0 atom stereocenters. The number of nitrogens with zero attached hydrogens (tertiary/aromatic N) is 3. The summed E-state index contributed by atoms with van der Waals surface area (Å²) in [5.41, 5.74) is 0. The molecule has 1 saturated carbocycles. The monoisotopic (exact) mass is 342 g/mol. The summed E-state index contributed by atoms with van der Waals surface area (Å²) in [5.74, 6) is 1.33. The number of aldehydes is 1. The summed E-state index contributed by atoms with van der Waals surface area (Å²) in [6, 6.07) is 0.332. The lowest BCUT2D eigenvalue weighted by Crippen LogP contribution is -2.37. The number of hydrogen-bond acceptors (Lipinski definition) is 6. The number of carbonyl (C=O) groups excluding carboxylic acids is 1. The van der Waals surface area contributed by atoms with Crippen molar-refractivity contribution in [3.8, 4) is 0 Å². The van der Waals surface area contributed by atoms with Crippen LogP contribution in [0.4, 0.5) is 11.6 Å². The fourth-order valence-electron chi connectivity index (χ4n) is 2.49. The molecule has 0 bridgehead atoms. The average Bonchev–Trinajstić information content (AvgIpc) is 2.46. The van der Waals surface area contributed by atoms with Crippen LogP contribution in [0.3, 0.4) is 0 Å². The van der Waals surface area contributed by atoms with E-state index < -0.39 is 0 Å². The van der Waals surface area contributed by atoms with Gasteiger partial charge in [-0.05, 0) is 41.6 Å². The molecule has 0 unspecified atom stereocenters. The van der Waals surface area contributed by atoms with E-state index in [9.17, 15) is 9.90 Å². The summed E-state index contributed by atoms with van der Waals surface area (Å²) in [4.78, 5) is 21.3. The van der Waals surface area contributed by atoms with Crippen molar-refractivity contribution < 1.29 is 9.90 Å². The molecular formula is C13H19BrN4O2. The molecule has 0 aromatic carbocycles. The molecule has 2 N–H and O–H groups in total. The van der Waals surface area contributed by atoms with Gasteiger partial charge in [-0.25, -0.2) is 9.97 Å². The fourth-order valence-corrected chi connectivity index (χ4v) is 2.76. The van der Waals surface area contributed by atoms with Crippen LogP contribution in [0, 0.1) is 0 Å². The zero-order chi connectivity index (χ0) is 14.5. The summed E-state index contributed by atoms with van der Waals surface area (Å²) in [6.07, 6.45) is 5.71. The largest absolute Gasteiger partial charge is 0.393 e. The number of carbonyl (C=O) groups is 1. The van der Waals surface area contributed by atoms with Gasteiger partial charge in [0, 0.05) is 13.1 Å². The second-order valence-corrected chi connectivity index (χ2v) is 5.80. The number of anilines is 2. The van der Waals surface area contributed by atoms with E-state index in [0.717, 1.165) is 37.8 Å². The lowest BCUT2D eigenvalue weighted by Gasteiger charge is -2.34. The van der Waals surface area contributed by atoms with E-state index in [1.807, 2.05) is 7.05 Å². The highest BCUT2D eigenvalue weighted by Gasteiger charge is 2.25. The molecule has 7 heteroatoms. The van der Waals surface area contributed by atoms with Gasteiger partial charge in [0.05, 0.1) is 18.8 Å². The molecule has 2 rings (SSSR count). The molecule has 0 saturated heterocycles. The number of rotatable bonds is 5. The van der Waals surface area contributed by atoms with Crippen LogP contribution < -0.4 is 10.2 Å². The molecule has 1 aliphatic carbocycles. The number of aliphatic hydroxyl groups excluding tert-OH is 1. The van der Waals surface area contributed by atoms with E-state index >= 15 is 0 Å². The normalized spacial score (nSPS) is 22.4. The number of halogens is 1. The quantitative estimate of drug-likeness (QED) is 0.791. The smallest absolute Gasteiger partial charge is 0.172 e. The average molecular weight is 343 g/mol. The Morgan fingerprint density at radius 2 is 2.20 bits per heavy atom. The summed E-state index contributed by atoms with van der Waals surface area (Å²) in [6.45, 7) is 0.209. The molecule has 1 aliphatic rings. The van der Waals surface area contributed by atoms with Gasteiger partial charge < -0.3 is 20.1 Å². The maximum absolute atomic E-state index is 10.5. The Balaban J connectivity index is 2.16. The highest BCUT2D eigenvalue weighted by molar-refractivity contribution is 9.10. The van der Waals surface area contributed by atoms with Crippen LogP contribution >= 0.6 is 15.9 Å². The van der Waals surface area contributed by atoms with Crippen molar-refractivity contribution in [2.24, 2.45) is 0 Å². The van der Waals surface area contributed by atoms with Crippen LogP contribution in [0.25, 0.3) is 0 Å². The fraction of sp³-hybridized carbons (Fsp3) is 0.615. The Labute approximate surface area is 126 Å². The Bertz CT molecular complexity index is 464. The third-order valence-corrected chi connectivity index (χ3v) is 4.01. The van der Waals surface area contributed by atoms with E-state index in [4.69, 9.17) is 0 Å². The molecule has 0 spiro atoms. The van der Waals surface area contributed by atoms with Gasteiger partial charge in [-0.1, -0.05) is 0 Å². The highest BCUT2D eigenvalue weighted by atomic mass is 79.9. The van der Waals surface area contributed by atoms with Crippen LogP contribution in [-0.2, 0) is 4.79 Å². The summed E-state index contributed by atoms with van der Waals surface area (Å²) >= 11 is 3.33. The highest BCUT2D eigenvalue weighted by Crippen LogP contribution is 2.29. The minimum Gasteiger partial charge on any atom is -0.393 e. The Morgan fingerprint density at radius 1 is 1.50 bits per heavy atom. The van der Waals surface area contributed by atoms with Gasteiger partial charge in [0.15, 0.2) is 11.6 Å². The van der Waals surface area contributed by atoms with Gasteiger partial charge in [-0.3, -0.25) is 0 Å². The van der Waals surface area contributed by atoms with Crippen LogP contribution in [0.15, 0.2) is 10.8 Å². The molecule has 0 amide bonds. The van der Waals surface area contributed by atoms with Crippen LogP contribution in [-0.4, -0.2) is 47.1 Å². The van der Waals surface area contributed by atoms with Crippen LogP contribution in [0.2, 0.25) is 0 Å². The van der Waals surface area contributed by atoms with Gasteiger partial charge in [0.2, 0.25) is 0 Å². The van der Waals surface area contributed by atoms with Crippen molar-refractivity contribution in [3.05, 3.63) is 10.8 Å². The molecule has 1 aromatic heterocycles. The number of aromatic nitrogens is 2. The van der Waals surface area contributed by atoms with Crippen molar-refractivity contribution in [1.29, 1.82) is 0 Å². The maximum Gasteiger partial charge on any atom is 0.172 e.